The zero-order valence-corrected chi connectivity index (χ0v) is 12.3. The minimum Gasteiger partial charge on any atom is -0.397 e. The maximum atomic E-state index is 12.5. The third-order valence-corrected chi connectivity index (χ3v) is 3.99. The van der Waals surface area contributed by atoms with E-state index in [2.05, 4.69) is 0 Å². The Bertz CT molecular complexity index is 484. The van der Waals surface area contributed by atoms with Crippen LogP contribution in [-0.4, -0.2) is 36.1 Å². The van der Waals surface area contributed by atoms with Crippen LogP contribution in [-0.2, 0) is 4.74 Å². The van der Waals surface area contributed by atoms with Gasteiger partial charge in [-0.05, 0) is 26.0 Å². The largest absolute Gasteiger partial charge is 0.397 e. The van der Waals surface area contributed by atoms with Crippen molar-refractivity contribution in [3.8, 4) is 0 Å². The molecule has 0 spiro atoms. The van der Waals surface area contributed by atoms with E-state index in [1.54, 1.807) is 17.0 Å². The number of halogens is 2. The van der Waals surface area contributed by atoms with E-state index in [0.717, 1.165) is 0 Å². The Morgan fingerprint density at radius 1 is 1.42 bits per heavy atom. The smallest absolute Gasteiger partial charge is 0.254 e. The summed E-state index contributed by atoms with van der Waals surface area (Å²) in [6.45, 7) is 4.98. The Kier molecular flexibility index (Phi) is 4.23. The summed E-state index contributed by atoms with van der Waals surface area (Å²) in [6.07, 6.45) is 0.0280. The Labute approximate surface area is 122 Å². The molecule has 0 aliphatic carbocycles. The standard InChI is InChI=1S/C13H16Cl2N2O2/c1-7-6-19-8(2)5-17(7)13(18)9-3-10(14)12(15)11(16)4-9/h3-4,7-8H,5-6,16H2,1-2H3. The molecule has 1 aliphatic rings. The van der Waals surface area contributed by atoms with E-state index in [0.29, 0.717) is 29.4 Å². The fourth-order valence-electron chi connectivity index (χ4n) is 2.09. The summed E-state index contributed by atoms with van der Waals surface area (Å²) in [5.74, 6) is -0.104. The monoisotopic (exact) mass is 302 g/mol. The molecule has 2 N–H and O–H groups in total. The van der Waals surface area contributed by atoms with E-state index in [9.17, 15) is 4.79 Å². The average Bonchev–Trinajstić information content (AvgIpc) is 2.37. The molecular weight excluding hydrogens is 287 g/mol. The molecule has 4 nitrogen and oxygen atoms in total. The fraction of sp³-hybridized carbons (Fsp3) is 0.462. The van der Waals surface area contributed by atoms with Gasteiger partial charge in [-0.15, -0.1) is 0 Å². The van der Waals surface area contributed by atoms with Gasteiger partial charge < -0.3 is 15.4 Å². The van der Waals surface area contributed by atoms with Crippen molar-refractivity contribution in [3.63, 3.8) is 0 Å². The lowest BCUT2D eigenvalue weighted by Gasteiger charge is -2.36. The van der Waals surface area contributed by atoms with E-state index in [1.165, 1.54) is 0 Å². The third kappa shape index (κ3) is 2.96. The third-order valence-electron chi connectivity index (χ3n) is 3.17. The Hall–Kier alpha value is -0.970. The summed E-state index contributed by atoms with van der Waals surface area (Å²) in [4.78, 5) is 14.3. The van der Waals surface area contributed by atoms with Crippen LogP contribution in [0, 0.1) is 0 Å². The molecule has 0 aromatic heterocycles. The minimum absolute atomic E-state index is 0.0272. The highest BCUT2D eigenvalue weighted by molar-refractivity contribution is 6.43. The fourth-order valence-corrected chi connectivity index (χ4v) is 2.42. The van der Waals surface area contributed by atoms with E-state index >= 15 is 0 Å². The molecule has 19 heavy (non-hydrogen) atoms. The van der Waals surface area contributed by atoms with E-state index < -0.39 is 0 Å². The first kappa shape index (κ1) is 14.4. The number of carbonyl (C=O) groups excluding carboxylic acids is 1. The summed E-state index contributed by atoms with van der Waals surface area (Å²) in [6, 6.07) is 3.14. The summed E-state index contributed by atoms with van der Waals surface area (Å²) in [5.41, 5.74) is 6.50. The highest BCUT2D eigenvalue weighted by Crippen LogP contribution is 2.30. The first-order valence-electron chi connectivity index (χ1n) is 6.07. The summed E-state index contributed by atoms with van der Waals surface area (Å²) in [5, 5.41) is 0.570. The number of hydrogen-bond donors (Lipinski definition) is 1. The highest BCUT2D eigenvalue weighted by Gasteiger charge is 2.28. The molecule has 2 rings (SSSR count). The molecule has 104 valence electrons. The number of nitrogens with two attached hydrogens (primary N) is 1. The van der Waals surface area contributed by atoms with E-state index in [4.69, 9.17) is 33.7 Å². The van der Waals surface area contributed by atoms with Crippen LogP contribution in [0.5, 0.6) is 0 Å². The number of morpholine rings is 1. The maximum absolute atomic E-state index is 12.5. The Balaban J connectivity index is 2.28. The van der Waals surface area contributed by atoms with Crippen LogP contribution in [0.4, 0.5) is 5.69 Å². The molecule has 1 aliphatic heterocycles. The van der Waals surface area contributed by atoms with Crippen LogP contribution in [0.25, 0.3) is 0 Å². The molecule has 1 saturated heterocycles. The van der Waals surface area contributed by atoms with Crippen molar-refractivity contribution in [3.05, 3.63) is 27.7 Å². The quantitative estimate of drug-likeness (QED) is 0.812. The predicted octanol–water partition coefficient (Wildman–Crippen LogP) is 2.83. The van der Waals surface area contributed by atoms with Crippen LogP contribution in [0.1, 0.15) is 24.2 Å². The number of carbonyl (C=O) groups is 1. The van der Waals surface area contributed by atoms with Crippen molar-refractivity contribution in [1.82, 2.24) is 4.90 Å². The maximum Gasteiger partial charge on any atom is 0.254 e. The SMILES string of the molecule is CC1CN(C(=O)c2cc(N)c(Cl)c(Cl)c2)C(C)CO1. The lowest BCUT2D eigenvalue weighted by atomic mass is 10.1. The topological polar surface area (TPSA) is 55.6 Å². The number of ether oxygens (including phenoxy) is 1. The van der Waals surface area contributed by atoms with E-state index in [-0.39, 0.29) is 23.1 Å². The molecular formula is C13H16Cl2N2O2. The van der Waals surface area contributed by atoms with Gasteiger partial charge in [-0.1, -0.05) is 23.2 Å². The molecule has 1 heterocycles. The zero-order chi connectivity index (χ0) is 14.2. The molecule has 2 atom stereocenters. The van der Waals surface area contributed by atoms with Gasteiger partial charge in [0.15, 0.2) is 0 Å². The number of hydrogen-bond acceptors (Lipinski definition) is 3. The molecule has 6 heteroatoms. The van der Waals surface area contributed by atoms with Gasteiger partial charge in [-0.2, -0.15) is 0 Å². The van der Waals surface area contributed by atoms with Gasteiger partial charge in [-0.3, -0.25) is 4.79 Å². The van der Waals surface area contributed by atoms with Crippen LogP contribution < -0.4 is 5.73 Å². The van der Waals surface area contributed by atoms with Crippen LogP contribution in [0.15, 0.2) is 12.1 Å². The molecule has 1 fully saturated rings. The van der Waals surface area contributed by atoms with Crippen molar-refractivity contribution in [2.45, 2.75) is 26.0 Å². The van der Waals surface area contributed by atoms with Gasteiger partial charge in [-0.25, -0.2) is 0 Å². The second-order valence-corrected chi connectivity index (χ2v) is 5.60. The first-order valence-corrected chi connectivity index (χ1v) is 6.83. The van der Waals surface area contributed by atoms with Crippen molar-refractivity contribution in [2.24, 2.45) is 0 Å². The van der Waals surface area contributed by atoms with Crippen molar-refractivity contribution >= 4 is 34.8 Å². The number of anilines is 1. The van der Waals surface area contributed by atoms with Crippen molar-refractivity contribution in [2.75, 3.05) is 18.9 Å². The molecule has 2 unspecified atom stereocenters. The summed E-state index contributed by atoms with van der Waals surface area (Å²) >= 11 is 11.8. The second-order valence-electron chi connectivity index (χ2n) is 4.81. The molecule has 0 radical (unpaired) electrons. The van der Waals surface area contributed by atoms with Crippen LogP contribution >= 0.6 is 23.2 Å². The number of nitrogen functional groups attached to an aromatic ring is 1. The summed E-state index contributed by atoms with van der Waals surface area (Å²) in [7, 11) is 0. The Morgan fingerprint density at radius 2 is 2.11 bits per heavy atom. The Morgan fingerprint density at radius 3 is 2.74 bits per heavy atom. The molecule has 1 amide bonds. The number of amides is 1. The normalized spacial score (nSPS) is 23.5. The van der Waals surface area contributed by atoms with Gasteiger partial charge in [0.2, 0.25) is 0 Å². The van der Waals surface area contributed by atoms with Gasteiger partial charge in [0.05, 0.1) is 34.5 Å². The highest BCUT2D eigenvalue weighted by atomic mass is 35.5. The van der Waals surface area contributed by atoms with Gasteiger partial charge in [0.1, 0.15) is 0 Å². The van der Waals surface area contributed by atoms with Crippen LogP contribution in [0.3, 0.4) is 0 Å². The van der Waals surface area contributed by atoms with Crippen LogP contribution in [0.2, 0.25) is 10.0 Å². The van der Waals surface area contributed by atoms with Gasteiger partial charge in [0, 0.05) is 12.1 Å². The number of benzene rings is 1. The summed E-state index contributed by atoms with van der Waals surface area (Å²) < 4.78 is 5.51. The average molecular weight is 303 g/mol. The van der Waals surface area contributed by atoms with Crippen molar-refractivity contribution in [1.29, 1.82) is 0 Å². The minimum atomic E-state index is -0.104. The lowest BCUT2D eigenvalue weighted by molar-refractivity contribution is -0.0387. The molecule has 0 saturated carbocycles. The first-order chi connectivity index (χ1) is 8.90. The predicted molar refractivity (Wildman–Crippen MR) is 76.8 cm³/mol. The lowest BCUT2D eigenvalue weighted by Crippen LogP contribution is -2.50. The molecule has 1 aromatic rings. The van der Waals surface area contributed by atoms with Gasteiger partial charge in [0.25, 0.3) is 5.91 Å². The molecule has 0 bridgehead atoms. The van der Waals surface area contributed by atoms with Crippen molar-refractivity contribution < 1.29 is 9.53 Å². The zero-order valence-electron chi connectivity index (χ0n) is 10.8. The number of rotatable bonds is 1. The van der Waals surface area contributed by atoms with Gasteiger partial charge >= 0.3 is 0 Å². The molecule has 1 aromatic carbocycles. The second kappa shape index (κ2) is 5.57. The van der Waals surface area contributed by atoms with E-state index in [1.807, 2.05) is 13.8 Å². The number of nitrogens with zero attached hydrogens (tertiary/aromatic N) is 1.